The van der Waals surface area contributed by atoms with E-state index in [0.29, 0.717) is 6.07 Å². The molecule has 0 radical (unpaired) electrons. The van der Waals surface area contributed by atoms with Gasteiger partial charge in [0, 0.05) is 18.0 Å². The summed E-state index contributed by atoms with van der Waals surface area (Å²) in [5, 5.41) is 0. The van der Waals surface area contributed by atoms with Crippen molar-refractivity contribution in [3.05, 3.63) is 29.6 Å². The first-order valence-electron chi connectivity index (χ1n) is 4.13. The molecule has 8 heteroatoms. The van der Waals surface area contributed by atoms with Crippen molar-refractivity contribution in [2.45, 2.75) is 18.6 Å². The van der Waals surface area contributed by atoms with Crippen LogP contribution in [0.5, 0.6) is 0 Å². The molecule has 0 aromatic carbocycles. The molecule has 3 nitrogen and oxygen atoms in total. The molecule has 1 unspecified atom stereocenters. The fraction of sp³-hybridized carbons (Fsp3) is 0.375. The smallest absolute Gasteiger partial charge is 0.271 e. The zero-order valence-corrected chi connectivity index (χ0v) is 7.80. The van der Waals surface area contributed by atoms with Crippen molar-refractivity contribution in [1.82, 2.24) is 10.4 Å². The molecule has 0 aliphatic rings. The molecule has 0 bridgehead atoms. The number of hydrogen-bond acceptors (Lipinski definition) is 3. The van der Waals surface area contributed by atoms with E-state index in [4.69, 9.17) is 5.84 Å². The minimum atomic E-state index is -4.72. The summed E-state index contributed by atoms with van der Waals surface area (Å²) in [4.78, 5) is 3.38. The normalized spacial score (nSPS) is 14.2. The SMILES string of the molecule is NNC(c1cnccc1C(F)(F)F)C(F)F. The second kappa shape index (κ2) is 4.71. The second-order valence-electron chi connectivity index (χ2n) is 2.94. The number of aromatic nitrogens is 1. The average Bonchev–Trinajstić information content (AvgIpc) is 2.17. The second-order valence-corrected chi connectivity index (χ2v) is 2.94. The fourth-order valence-electron chi connectivity index (χ4n) is 1.21. The zero-order chi connectivity index (χ0) is 12.3. The third-order valence-electron chi connectivity index (χ3n) is 1.92. The Morgan fingerprint density at radius 2 is 1.94 bits per heavy atom. The summed E-state index contributed by atoms with van der Waals surface area (Å²) < 4.78 is 62.2. The first-order chi connectivity index (χ1) is 7.38. The summed E-state index contributed by atoms with van der Waals surface area (Å²) in [6.07, 6.45) is -6.18. The lowest BCUT2D eigenvalue weighted by atomic mass is 10.0. The van der Waals surface area contributed by atoms with Crippen LogP contribution in [-0.4, -0.2) is 11.4 Å². The summed E-state index contributed by atoms with van der Waals surface area (Å²) in [6.45, 7) is 0. The van der Waals surface area contributed by atoms with E-state index in [2.05, 4.69) is 4.98 Å². The van der Waals surface area contributed by atoms with Gasteiger partial charge in [0.2, 0.25) is 0 Å². The molecule has 1 heterocycles. The number of hydrogen-bond donors (Lipinski definition) is 2. The van der Waals surface area contributed by atoms with E-state index in [0.717, 1.165) is 12.4 Å². The van der Waals surface area contributed by atoms with Crippen molar-refractivity contribution in [3.63, 3.8) is 0 Å². The fourth-order valence-corrected chi connectivity index (χ4v) is 1.21. The van der Waals surface area contributed by atoms with Gasteiger partial charge in [-0.15, -0.1) is 0 Å². The molecule has 3 N–H and O–H groups in total. The van der Waals surface area contributed by atoms with E-state index < -0.39 is 29.8 Å². The number of pyridine rings is 1. The molecular formula is C8H8F5N3. The molecule has 0 aliphatic carbocycles. The Labute approximate surface area is 87.4 Å². The Morgan fingerprint density at radius 3 is 2.38 bits per heavy atom. The van der Waals surface area contributed by atoms with Gasteiger partial charge in [0.25, 0.3) is 6.43 Å². The molecule has 1 aromatic heterocycles. The molecule has 1 rings (SSSR count). The van der Waals surface area contributed by atoms with Crippen molar-refractivity contribution < 1.29 is 22.0 Å². The van der Waals surface area contributed by atoms with Crippen molar-refractivity contribution in [1.29, 1.82) is 0 Å². The lowest BCUT2D eigenvalue weighted by molar-refractivity contribution is -0.138. The van der Waals surface area contributed by atoms with Crippen LogP contribution in [0.2, 0.25) is 0 Å². The molecule has 90 valence electrons. The van der Waals surface area contributed by atoms with E-state index in [-0.39, 0.29) is 0 Å². The van der Waals surface area contributed by atoms with Crippen LogP contribution in [0.1, 0.15) is 17.2 Å². The Balaban J connectivity index is 3.22. The first-order valence-corrected chi connectivity index (χ1v) is 4.13. The summed E-state index contributed by atoms with van der Waals surface area (Å²) in [6, 6.07) is -1.27. The van der Waals surface area contributed by atoms with Crippen LogP contribution in [0.15, 0.2) is 18.5 Å². The number of nitrogens with zero attached hydrogens (tertiary/aromatic N) is 1. The molecule has 0 fully saturated rings. The lowest BCUT2D eigenvalue weighted by Gasteiger charge is -2.19. The van der Waals surface area contributed by atoms with Gasteiger partial charge in [-0.1, -0.05) is 0 Å². The van der Waals surface area contributed by atoms with Gasteiger partial charge in [-0.3, -0.25) is 10.8 Å². The molecular weight excluding hydrogens is 233 g/mol. The topological polar surface area (TPSA) is 50.9 Å². The molecule has 0 saturated heterocycles. The average molecular weight is 241 g/mol. The summed E-state index contributed by atoms with van der Waals surface area (Å²) in [5.41, 5.74) is -0.209. The van der Waals surface area contributed by atoms with Crippen molar-refractivity contribution >= 4 is 0 Å². The Bertz CT molecular complexity index is 352. The quantitative estimate of drug-likeness (QED) is 0.482. The van der Waals surface area contributed by atoms with Crippen LogP contribution in [0.25, 0.3) is 0 Å². The predicted octanol–water partition coefficient (Wildman–Crippen LogP) is 1.87. The molecule has 0 aliphatic heterocycles. The maximum absolute atomic E-state index is 12.5. The van der Waals surface area contributed by atoms with Crippen LogP contribution >= 0.6 is 0 Å². The molecule has 16 heavy (non-hydrogen) atoms. The molecule has 0 spiro atoms. The van der Waals surface area contributed by atoms with E-state index in [1.54, 1.807) is 5.43 Å². The predicted molar refractivity (Wildman–Crippen MR) is 45.3 cm³/mol. The van der Waals surface area contributed by atoms with E-state index in [1.165, 1.54) is 0 Å². The molecule has 1 aromatic rings. The van der Waals surface area contributed by atoms with Crippen LogP contribution in [0.3, 0.4) is 0 Å². The van der Waals surface area contributed by atoms with Crippen molar-refractivity contribution in [2.24, 2.45) is 5.84 Å². The number of nitrogens with two attached hydrogens (primary N) is 1. The highest BCUT2D eigenvalue weighted by Crippen LogP contribution is 2.35. The third-order valence-corrected chi connectivity index (χ3v) is 1.92. The number of halogens is 5. The van der Waals surface area contributed by atoms with E-state index in [9.17, 15) is 22.0 Å². The van der Waals surface area contributed by atoms with Gasteiger partial charge in [0.05, 0.1) is 5.56 Å². The summed E-state index contributed by atoms with van der Waals surface area (Å²) in [5.74, 6) is 4.79. The van der Waals surface area contributed by atoms with Gasteiger partial charge < -0.3 is 0 Å². The Kier molecular flexibility index (Phi) is 3.76. The van der Waals surface area contributed by atoms with Crippen LogP contribution in [-0.2, 0) is 6.18 Å². The van der Waals surface area contributed by atoms with Gasteiger partial charge >= 0.3 is 6.18 Å². The van der Waals surface area contributed by atoms with Gasteiger partial charge in [0.1, 0.15) is 6.04 Å². The van der Waals surface area contributed by atoms with Gasteiger partial charge in [-0.25, -0.2) is 14.2 Å². The zero-order valence-electron chi connectivity index (χ0n) is 7.80. The molecule has 1 atom stereocenters. The summed E-state index contributed by atoms with van der Waals surface area (Å²) >= 11 is 0. The van der Waals surface area contributed by atoms with Crippen LogP contribution < -0.4 is 11.3 Å². The molecule has 0 saturated carbocycles. The van der Waals surface area contributed by atoms with E-state index in [1.807, 2.05) is 0 Å². The highest BCUT2D eigenvalue weighted by Gasteiger charge is 2.37. The van der Waals surface area contributed by atoms with Gasteiger partial charge in [0.15, 0.2) is 0 Å². The number of hydrazine groups is 1. The maximum Gasteiger partial charge on any atom is 0.416 e. The Hall–Kier alpha value is -1.28. The Morgan fingerprint density at radius 1 is 1.31 bits per heavy atom. The highest BCUT2D eigenvalue weighted by molar-refractivity contribution is 5.29. The number of alkyl halides is 5. The molecule has 0 amide bonds. The first kappa shape index (κ1) is 12.8. The lowest BCUT2D eigenvalue weighted by Crippen LogP contribution is -2.34. The maximum atomic E-state index is 12.5. The summed E-state index contributed by atoms with van der Waals surface area (Å²) in [7, 11) is 0. The largest absolute Gasteiger partial charge is 0.416 e. The van der Waals surface area contributed by atoms with Gasteiger partial charge in [-0.2, -0.15) is 13.2 Å². The number of rotatable bonds is 3. The van der Waals surface area contributed by atoms with Crippen LogP contribution in [0, 0.1) is 0 Å². The van der Waals surface area contributed by atoms with E-state index >= 15 is 0 Å². The van der Waals surface area contributed by atoms with Crippen LogP contribution in [0.4, 0.5) is 22.0 Å². The highest BCUT2D eigenvalue weighted by atomic mass is 19.4. The minimum Gasteiger partial charge on any atom is -0.271 e. The number of nitrogens with one attached hydrogen (secondary N) is 1. The van der Waals surface area contributed by atoms with Crippen molar-refractivity contribution in [2.75, 3.05) is 0 Å². The monoisotopic (exact) mass is 241 g/mol. The van der Waals surface area contributed by atoms with Gasteiger partial charge in [-0.05, 0) is 6.07 Å². The standard InChI is InChI=1S/C8H8F5N3/c9-7(10)6(16-14)4-3-15-2-1-5(4)8(11,12)13/h1-3,6-7,16H,14H2. The minimum absolute atomic E-state index is 0.627. The third kappa shape index (κ3) is 2.64. The van der Waals surface area contributed by atoms with Crippen molar-refractivity contribution in [3.8, 4) is 0 Å².